The van der Waals surface area contributed by atoms with Gasteiger partial charge in [-0.15, -0.1) is 0 Å². The summed E-state index contributed by atoms with van der Waals surface area (Å²) in [6.07, 6.45) is 4.35. The Labute approximate surface area is 71.5 Å². The lowest BCUT2D eigenvalue weighted by atomic mass is 9.64. The summed E-state index contributed by atoms with van der Waals surface area (Å²) in [5, 5.41) is 0. The second kappa shape index (κ2) is 2.77. The highest BCUT2D eigenvalue weighted by atomic mass is 127. The molecule has 1 aliphatic rings. The Hall–Kier alpha value is 0.730. The minimum atomic E-state index is 0.723. The van der Waals surface area contributed by atoms with E-state index in [4.69, 9.17) is 0 Å². The highest BCUT2D eigenvalue weighted by Gasteiger charge is 2.37. The summed E-state index contributed by atoms with van der Waals surface area (Å²) < 4.78 is 1.35. The van der Waals surface area contributed by atoms with Crippen LogP contribution < -0.4 is 0 Å². The van der Waals surface area contributed by atoms with Gasteiger partial charge in [0.15, 0.2) is 0 Å². The minimum absolute atomic E-state index is 0.723. The van der Waals surface area contributed by atoms with E-state index in [1.165, 1.54) is 23.7 Å². The molecular formula is C8H15I. The SMILES string of the molecule is CCC1CC(C)(CI)C1. The van der Waals surface area contributed by atoms with Crippen LogP contribution in [0.1, 0.15) is 33.1 Å². The van der Waals surface area contributed by atoms with Crippen LogP contribution in [-0.2, 0) is 0 Å². The van der Waals surface area contributed by atoms with Crippen molar-refractivity contribution in [2.24, 2.45) is 11.3 Å². The molecule has 9 heavy (non-hydrogen) atoms. The highest BCUT2D eigenvalue weighted by molar-refractivity contribution is 14.1. The molecule has 0 aromatic rings. The number of hydrogen-bond donors (Lipinski definition) is 0. The average molecular weight is 238 g/mol. The van der Waals surface area contributed by atoms with Gasteiger partial charge in [-0.3, -0.25) is 0 Å². The molecule has 0 heterocycles. The maximum atomic E-state index is 2.51. The molecular weight excluding hydrogens is 223 g/mol. The van der Waals surface area contributed by atoms with Crippen LogP contribution in [0.5, 0.6) is 0 Å². The maximum Gasteiger partial charge on any atom is 0.00495 e. The van der Waals surface area contributed by atoms with Crippen LogP contribution in [-0.4, -0.2) is 4.43 Å². The first-order valence-electron chi connectivity index (χ1n) is 3.76. The summed E-state index contributed by atoms with van der Waals surface area (Å²) >= 11 is 2.51. The molecule has 0 aliphatic heterocycles. The fourth-order valence-corrected chi connectivity index (χ4v) is 2.35. The van der Waals surface area contributed by atoms with Crippen molar-refractivity contribution in [2.45, 2.75) is 33.1 Å². The van der Waals surface area contributed by atoms with Gasteiger partial charge in [-0.1, -0.05) is 42.9 Å². The zero-order chi connectivity index (χ0) is 6.91. The van der Waals surface area contributed by atoms with Crippen LogP contribution in [0.2, 0.25) is 0 Å². The number of rotatable bonds is 2. The van der Waals surface area contributed by atoms with Crippen LogP contribution in [0.4, 0.5) is 0 Å². The highest BCUT2D eigenvalue weighted by Crippen LogP contribution is 2.47. The van der Waals surface area contributed by atoms with Crippen molar-refractivity contribution in [3.8, 4) is 0 Å². The van der Waals surface area contributed by atoms with E-state index in [1.54, 1.807) is 0 Å². The van der Waals surface area contributed by atoms with Crippen LogP contribution in [0, 0.1) is 11.3 Å². The summed E-state index contributed by atoms with van der Waals surface area (Å²) in [5.41, 5.74) is 0.723. The van der Waals surface area contributed by atoms with Gasteiger partial charge in [0.05, 0.1) is 0 Å². The molecule has 54 valence electrons. The number of hydrogen-bond acceptors (Lipinski definition) is 0. The van der Waals surface area contributed by atoms with Gasteiger partial charge in [-0.2, -0.15) is 0 Å². The van der Waals surface area contributed by atoms with Gasteiger partial charge in [0.1, 0.15) is 0 Å². The van der Waals surface area contributed by atoms with Gasteiger partial charge in [0.2, 0.25) is 0 Å². The molecule has 0 saturated heterocycles. The van der Waals surface area contributed by atoms with E-state index in [0.717, 1.165) is 11.3 Å². The molecule has 0 bridgehead atoms. The van der Waals surface area contributed by atoms with Crippen molar-refractivity contribution in [3.63, 3.8) is 0 Å². The van der Waals surface area contributed by atoms with Crippen molar-refractivity contribution < 1.29 is 0 Å². The molecule has 1 fully saturated rings. The normalized spacial score (nSPS) is 42.3. The Balaban J connectivity index is 2.24. The molecule has 0 aromatic heterocycles. The first kappa shape index (κ1) is 7.83. The predicted octanol–water partition coefficient (Wildman–Crippen LogP) is 3.25. The quantitative estimate of drug-likeness (QED) is 0.511. The van der Waals surface area contributed by atoms with Gasteiger partial charge >= 0.3 is 0 Å². The molecule has 0 N–H and O–H groups in total. The molecule has 1 rings (SSSR count). The Morgan fingerprint density at radius 3 is 2.44 bits per heavy atom. The number of alkyl halides is 1. The minimum Gasteiger partial charge on any atom is -0.0858 e. The third kappa shape index (κ3) is 1.60. The van der Waals surface area contributed by atoms with Crippen molar-refractivity contribution in [3.05, 3.63) is 0 Å². The monoisotopic (exact) mass is 238 g/mol. The first-order valence-corrected chi connectivity index (χ1v) is 5.29. The van der Waals surface area contributed by atoms with Crippen molar-refractivity contribution >= 4 is 22.6 Å². The lowest BCUT2D eigenvalue weighted by molar-refractivity contribution is 0.102. The second-order valence-corrected chi connectivity index (χ2v) is 4.39. The standard InChI is InChI=1S/C8H15I/c1-3-7-4-8(2,5-7)6-9/h7H,3-6H2,1-2H3. The first-order chi connectivity index (χ1) is 4.20. The molecule has 0 unspecified atom stereocenters. The topological polar surface area (TPSA) is 0 Å². The van der Waals surface area contributed by atoms with Gasteiger partial charge in [0, 0.05) is 4.43 Å². The van der Waals surface area contributed by atoms with Crippen molar-refractivity contribution in [1.29, 1.82) is 0 Å². The largest absolute Gasteiger partial charge is 0.0858 e. The van der Waals surface area contributed by atoms with Crippen molar-refractivity contribution in [2.75, 3.05) is 4.43 Å². The van der Waals surface area contributed by atoms with E-state index < -0.39 is 0 Å². The zero-order valence-electron chi connectivity index (χ0n) is 6.28. The zero-order valence-corrected chi connectivity index (χ0v) is 8.44. The summed E-state index contributed by atoms with van der Waals surface area (Å²) in [6.45, 7) is 4.71. The average Bonchev–Trinajstić information content (AvgIpc) is 1.81. The molecule has 0 atom stereocenters. The molecule has 1 saturated carbocycles. The third-order valence-electron chi connectivity index (χ3n) is 2.46. The van der Waals surface area contributed by atoms with Crippen LogP contribution >= 0.6 is 22.6 Å². The molecule has 0 aromatic carbocycles. The Morgan fingerprint density at radius 2 is 2.11 bits per heavy atom. The predicted molar refractivity (Wildman–Crippen MR) is 50.0 cm³/mol. The third-order valence-corrected chi connectivity index (χ3v) is 4.30. The molecule has 0 spiro atoms. The van der Waals surface area contributed by atoms with Crippen LogP contribution in [0.3, 0.4) is 0 Å². The van der Waals surface area contributed by atoms with E-state index in [0.29, 0.717) is 0 Å². The van der Waals surface area contributed by atoms with E-state index in [9.17, 15) is 0 Å². The molecule has 0 nitrogen and oxygen atoms in total. The van der Waals surface area contributed by atoms with E-state index >= 15 is 0 Å². The smallest absolute Gasteiger partial charge is 0.00495 e. The lowest BCUT2D eigenvalue weighted by Crippen LogP contribution is -2.35. The summed E-state index contributed by atoms with van der Waals surface area (Å²) in [6, 6.07) is 0. The number of halogens is 1. The van der Waals surface area contributed by atoms with Gasteiger partial charge in [-0.05, 0) is 24.2 Å². The fourth-order valence-electron chi connectivity index (χ4n) is 1.73. The summed E-state index contributed by atoms with van der Waals surface area (Å²) in [4.78, 5) is 0. The summed E-state index contributed by atoms with van der Waals surface area (Å²) in [5.74, 6) is 1.06. The molecule has 0 radical (unpaired) electrons. The van der Waals surface area contributed by atoms with Gasteiger partial charge in [-0.25, -0.2) is 0 Å². The van der Waals surface area contributed by atoms with Gasteiger partial charge in [0.25, 0.3) is 0 Å². The lowest BCUT2D eigenvalue weighted by Gasteiger charge is -2.44. The van der Waals surface area contributed by atoms with Crippen LogP contribution in [0.25, 0.3) is 0 Å². The second-order valence-electron chi connectivity index (χ2n) is 3.63. The summed E-state index contributed by atoms with van der Waals surface area (Å²) in [7, 11) is 0. The molecule has 0 amide bonds. The van der Waals surface area contributed by atoms with E-state index in [1.807, 2.05) is 0 Å². The Kier molecular flexibility index (Phi) is 2.41. The molecule has 1 heteroatoms. The fraction of sp³-hybridized carbons (Fsp3) is 1.00. The van der Waals surface area contributed by atoms with E-state index in [2.05, 4.69) is 36.4 Å². The Morgan fingerprint density at radius 1 is 1.56 bits per heavy atom. The Bertz CT molecular complexity index is 92.7. The van der Waals surface area contributed by atoms with E-state index in [-0.39, 0.29) is 0 Å². The van der Waals surface area contributed by atoms with Crippen LogP contribution in [0.15, 0.2) is 0 Å². The maximum absolute atomic E-state index is 2.51. The van der Waals surface area contributed by atoms with Gasteiger partial charge < -0.3 is 0 Å². The van der Waals surface area contributed by atoms with Crippen molar-refractivity contribution in [1.82, 2.24) is 0 Å². The molecule has 1 aliphatic carbocycles.